The second kappa shape index (κ2) is 3.75. The van der Waals surface area contributed by atoms with Gasteiger partial charge in [0.1, 0.15) is 17.2 Å². The fraction of sp³-hybridized carbons (Fsp3) is 0. The molecule has 0 atom stereocenters. The lowest BCUT2D eigenvalue weighted by Crippen LogP contribution is -1.96. The van der Waals surface area contributed by atoms with Gasteiger partial charge < -0.3 is 9.84 Å². The first-order valence-electron chi connectivity index (χ1n) is 6.22. The van der Waals surface area contributed by atoms with Crippen LogP contribution in [-0.2, 0) is 0 Å². The highest BCUT2D eigenvalue weighted by Crippen LogP contribution is 2.48. The van der Waals surface area contributed by atoms with Crippen molar-refractivity contribution in [3.63, 3.8) is 0 Å². The molecule has 0 unspecified atom stereocenters. The Morgan fingerprint density at radius 1 is 0.950 bits per heavy atom. The molecule has 3 aromatic carbocycles. The molecule has 3 nitrogen and oxygen atoms in total. The fourth-order valence-corrected chi connectivity index (χ4v) is 2.67. The number of rotatable bonds is 0. The van der Waals surface area contributed by atoms with Crippen molar-refractivity contribution < 1.29 is 9.84 Å². The highest BCUT2D eigenvalue weighted by atomic mass is 16.5. The average molecular weight is 259 g/mol. The van der Waals surface area contributed by atoms with E-state index >= 15 is 0 Å². The Labute approximate surface area is 115 Å². The van der Waals surface area contributed by atoms with E-state index in [0.717, 1.165) is 21.9 Å². The number of phenolic OH excluding ortho intramolecular Hbond substituents is 1. The monoisotopic (exact) mass is 259 g/mol. The van der Waals surface area contributed by atoms with Gasteiger partial charge in [0.25, 0.3) is 0 Å². The van der Waals surface area contributed by atoms with Crippen LogP contribution >= 0.6 is 0 Å². The molecule has 0 fully saturated rings. The summed E-state index contributed by atoms with van der Waals surface area (Å²) in [4.78, 5) is 3.43. The molecule has 1 aliphatic heterocycles. The maximum absolute atomic E-state index is 9.97. The summed E-state index contributed by atoms with van der Waals surface area (Å²) in [5.41, 5.74) is 2.52. The van der Waals surface area contributed by atoms with E-state index in [0.29, 0.717) is 17.2 Å². The molecule has 94 valence electrons. The molecule has 20 heavy (non-hydrogen) atoms. The van der Waals surface area contributed by atoms with Gasteiger partial charge in [-0.2, -0.15) is 0 Å². The molecule has 0 saturated carbocycles. The lowest BCUT2D eigenvalue weighted by Gasteiger charge is -2.21. The molecule has 1 aliphatic rings. The summed E-state index contributed by atoms with van der Waals surface area (Å²) in [6.45, 7) is 7.09. The minimum atomic E-state index is 0.246. The average Bonchev–Trinajstić information content (AvgIpc) is 2.49. The van der Waals surface area contributed by atoms with Gasteiger partial charge >= 0.3 is 0 Å². The van der Waals surface area contributed by atoms with Crippen LogP contribution in [0.2, 0.25) is 0 Å². The molecule has 0 amide bonds. The number of ether oxygens (including phenoxy) is 1. The van der Waals surface area contributed by atoms with Crippen molar-refractivity contribution in [2.45, 2.75) is 0 Å². The summed E-state index contributed by atoms with van der Waals surface area (Å²) in [6.07, 6.45) is 0. The van der Waals surface area contributed by atoms with Crippen molar-refractivity contribution >= 4 is 16.5 Å². The highest BCUT2D eigenvalue weighted by Gasteiger charge is 2.21. The zero-order chi connectivity index (χ0) is 13.7. The van der Waals surface area contributed by atoms with E-state index in [4.69, 9.17) is 11.3 Å². The van der Waals surface area contributed by atoms with Crippen LogP contribution in [-0.4, -0.2) is 5.11 Å². The zero-order valence-corrected chi connectivity index (χ0v) is 10.4. The van der Waals surface area contributed by atoms with E-state index in [2.05, 4.69) is 4.85 Å². The van der Waals surface area contributed by atoms with Crippen molar-refractivity contribution in [2.75, 3.05) is 0 Å². The van der Waals surface area contributed by atoms with E-state index in [1.807, 2.05) is 30.3 Å². The molecular formula is C17H9NO2. The Hall–Kier alpha value is -2.99. The largest absolute Gasteiger partial charge is 0.507 e. The number of hydrogen-bond acceptors (Lipinski definition) is 2. The summed E-state index contributed by atoms with van der Waals surface area (Å²) in [5.74, 6) is 1.64. The van der Waals surface area contributed by atoms with Crippen LogP contribution in [0.1, 0.15) is 0 Å². The maximum atomic E-state index is 9.97. The second-order valence-electron chi connectivity index (χ2n) is 4.71. The number of fused-ring (bicyclic) bond motifs is 2. The smallest absolute Gasteiger partial charge is 0.190 e. The predicted molar refractivity (Wildman–Crippen MR) is 77.4 cm³/mol. The van der Waals surface area contributed by atoms with Gasteiger partial charge in [-0.15, -0.1) is 0 Å². The lowest BCUT2D eigenvalue weighted by molar-refractivity contribution is 0.477. The summed E-state index contributed by atoms with van der Waals surface area (Å²) in [6, 6.07) is 14.6. The number of benzene rings is 3. The Kier molecular flexibility index (Phi) is 2.04. The van der Waals surface area contributed by atoms with Crippen LogP contribution in [0.3, 0.4) is 0 Å². The number of phenols is 1. The van der Waals surface area contributed by atoms with Crippen LogP contribution in [0.4, 0.5) is 5.69 Å². The van der Waals surface area contributed by atoms with Crippen molar-refractivity contribution in [3.8, 4) is 28.4 Å². The first kappa shape index (κ1) is 10.9. The summed E-state index contributed by atoms with van der Waals surface area (Å²) in [5, 5.41) is 11.7. The lowest BCUT2D eigenvalue weighted by atomic mass is 9.94. The van der Waals surface area contributed by atoms with Crippen LogP contribution in [0.15, 0.2) is 48.5 Å². The third kappa shape index (κ3) is 1.33. The topological polar surface area (TPSA) is 33.8 Å². The van der Waals surface area contributed by atoms with Gasteiger partial charge in [0, 0.05) is 16.3 Å². The van der Waals surface area contributed by atoms with Gasteiger partial charge in [0.15, 0.2) is 5.69 Å². The van der Waals surface area contributed by atoms with Crippen molar-refractivity contribution in [1.82, 2.24) is 0 Å². The quantitative estimate of drug-likeness (QED) is 0.457. The van der Waals surface area contributed by atoms with E-state index in [1.54, 1.807) is 18.2 Å². The van der Waals surface area contributed by atoms with Gasteiger partial charge in [-0.05, 0) is 29.8 Å². The Morgan fingerprint density at radius 3 is 2.65 bits per heavy atom. The maximum Gasteiger partial charge on any atom is 0.190 e. The van der Waals surface area contributed by atoms with Crippen molar-refractivity contribution in [1.29, 1.82) is 0 Å². The van der Waals surface area contributed by atoms with E-state index in [1.165, 1.54) is 0 Å². The van der Waals surface area contributed by atoms with Crippen LogP contribution in [0.25, 0.3) is 26.7 Å². The summed E-state index contributed by atoms with van der Waals surface area (Å²) < 4.78 is 5.89. The Morgan fingerprint density at radius 2 is 1.80 bits per heavy atom. The molecule has 0 aromatic heterocycles. The van der Waals surface area contributed by atoms with Gasteiger partial charge in [-0.25, -0.2) is 4.85 Å². The SMILES string of the molecule is [C-]#[N+]c1ccc2c(c1)Oc1cccc3c(O)ccc-2c13. The molecule has 0 bridgehead atoms. The first-order valence-corrected chi connectivity index (χ1v) is 6.22. The number of hydrogen-bond donors (Lipinski definition) is 1. The minimum absolute atomic E-state index is 0.246. The molecule has 1 N–H and O–H groups in total. The van der Waals surface area contributed by atoms with Gasteiger partial charge in [-0.1, -0.05) is 24.3 Å². The fourth-order valence-electron chi connectivity index (χ4n) is 2.67. The first-order chi connectivity index (χ1) is 9.78. The zero-order valence-electron chi connectivity index (χ0n) is 10.4. The van der Waals surface area contributed by atoms with E-state index < -0.39 is 0 Å². The molecular weight excluding hydrogens is 250 g/mol. The second-order valence-corrected chi connectivity index (χ2v) is 4.71. The predicted octanol–water partition coefficient (Wildman–Crippen LogP) is 4.87. The van der Waals surface area contributed by atoms with Crippen molar-refractivity contribution in [2.24, 2.45) is 0 Å². The molecule has 1 heterocycles. The highest BCUT2D eigenvalue weighted by molar-refractivity contribution is 6.06. The normalized spacial score (nSPS) is 11.6. The minimum Gasteiger partial charge on any atom is -0.507 e. The van der Waals surface area contributed by atoms with Gasteiger partial charge in [-0.3, -0.25) is 0 Å². The van der Waals surface area contributed by atoms with Crippen LogP contribution in [0, 0.1) is 6.57 Å². The molecule has 0 radical (unpaired) electrons. The Bertz CT molecular complexity index is 907. The summed E-state index contributed by atoms with van der Waals surface area (Å²) in [7, 11) is 0. The molecule has 3 heteroatoms. The van der Waals surface area contributed by atoms with Gasteiger partial charge in [0.05, 0.1) is 6.57 Å². The standard InChI is InChI=1S/C17H9NO2/c1-18-10-5-6-11-12-7-8-14(19)13-3-2-4-15(17(12)13)20-16(11)9-10/h2-9,19H. The molecule has 4 rings (SSSR count). The Balaban J connectivity index is 2.13. The number of nitrogens with zero attached hydrogens (tertiary/aromatic N) is 1. The van der Waals surface area contributed by atoms with Crippen LogP contribution < -0.4 is 4.74 Å². The van der Waals surface area contributed by atoms with Gasteiger partial charge in [0.2, 0.25) is 0 Å². The van der Waals surface area contributed by atoms with E-state index in [-0.39, 0.29) is 5.75 Å². The third-order valence-corrected chi connectivity index (χ3v) is 3.58. The molecule has 0 spiro atoms. The summed E-state index contributed by atoms with van der Waals surface area (Å²) >= 11 is 0. The third-order valence-electron chi connectivity index (χ3n) is 3.58. The molecule has 0 aliphatic carbocycles. The molecule has 3 aromatic rings. The van der Waals surface area contributed by atoms with E-state index in [9.17, 15) is 5.11 Å². The van der Waals surface area contributed by atoms with Crippen LogP contribution in [0.5, 0.6) is 17.2 Å². The molecule has 0 saturated heterocycles. The van der Waals surface area contributed by atoms with Crippen molar-refractivity contribution in [3.05, 3.63) is 59.9 Å². The number of aromatic hydroxyl groups is 1.